The quantitative estimate of drug-likeness (QED) is 0.210. The lowest BCUT2D eigenvalue weighted by Gasteiger charge is -2.31. The Morgan fingerprint density at radius 2 is 1.60 bits per heavy atom. The molecule has 0 aliphatic carbocycles. The molecule has 0 aromatic carbocycles. The largest absolute Gasteiger partial charge is 0.458 e. The Morgan fingerprint density at radius 1 is 1.00 bits per heavy atom. The van der Waals surface area contributed by atoms with Gasteiger partial charge in [0, 0.05) is 13.1 Å². The van der Waals surface area contributed by atoms with E-state index in [1.807, 2.05) is 32.9 Å². The van der Waals surface area contributed by atoms with E-state index in [-0.39, 0.29) is 6.04 Å². The fraction of sp³-hybridized carbons (Fsp3) is 0.600. The van der Waals surface area contributed by atoms with E-state index in [1.165, 1.54) is 19.3 Å². The average Bonchev–Trinajstić information content (AvgIpc) is 3.22. The summed E-state index contributed by atoms with van der Waals surface area (Å²) < 4.78 is 6.18. The molecule has 1 aromatic heterocycles. The number of amidine groups is 2. The highest BCUT2D eigenvalue weighted by Crippen LogP contribution is 2.26. The van der Waals surface area contributed by atoms with Gasteiger partial charge in [-0.15, -0.1) is 40.6 Å². The van der Waals surface area contributed by atoms with Gasteiger partial charge < -0.3 is 15.1 Å². The Kier molecular flexibility index (Phi) is 10.5. The van der Waals surface area contributed by atoms with Crippen LogP contribution in [-0.4, -0.2) is 52.8 Å². The number of furan rings is 1. The summed E-state index contributed by atoms with van der Waals surface area (Å²) >= 11 is 8.55. The monoisotopic (exact) mass is 451 g/mol. The third-order valence-corrected chi connectivity index (χ3v) is 5.26. The number of likely N-dealkylation sites (tertiary alicyclic amines) is 1. The minimum absolute atomic E-state index is 0.207. The van der Waals surface area contributed by atoms with Crippen LogP contribution in [0.4, 0.5) is 0 Å². The number of rotatable bonds is 8. The number of hydrogen-bond acceptors (Lipinski definition) is 6. The van der Waals surface area contributed by atoms with Gasteiger partial charge >= 0.3 is 0 Å². The smallest absolute Gasteiger partial charge is 0.180 e. The van der Waals surface area contributed by atoms with Crippen molar-refractivity contribution in [2.24, 2.45) is 20.4 Å². The van der Waals surface area contributed by atoms with Gasteiger partial charge in [0.05, 0.1) is 11.8 Å². The Balaban J connectivity index is 2.31. The van der Waals surface area contributed by atoms with E-state index < -0.39 is 0 Å². The van der Waals surface area contributed by atoms with Crippen molar-refractivity contribution in [3.63, 3.8) is 0 Å². The third-order valence-electron chi connectivity index (χ3n) is 4.76. The summed E-state index contributed by atoms with van der Waals surface area (Å²) in [6, 6.07) is 4.11. The minimum Gasteiger partial charge on any atom is -0.458 e. The molecular weight excluding hydrogens is 418 g/mol. The molecule has 1 aliphatic rings. The Bertz CT molecular complexity index is 795. The summed E-state index contributed by atoms with van der Waals surface area (Å²) in [5, 5.41) is 23.6. The molecule has 8 nitrogen and oxygen atoms in total. The summed E-state index contributed by atoms with van der Waals surface area (Å²) in [6.45, 7) is 11.5. The number of hydrogen-bond donors (Lipinski definition) is 4. The molecule has 0 saturated carbocycles. The molecule has 1 saturated heterocycles. The van der Waals surface area contributed by atoms with Gasteiger partial charge in [0.25, 0.3) is 0 Å². The van der Waals surface area contributed by atoms with E-state index in [0.29, 0.717) is 40.6 Å². The van der Waals surface area contributed by atoms with Crippen LogP contribution in [0.15, 0.2) is 37.0 Å². The van der Waals surface area contributed by atoms with Crippen molar-refractivity contribution in [3.8, 4) is 0 Å². The summed E-state index contributed by atoms with van der Waals surface area (Å²) in [5.74, 6) is 1.50. The van der Waals surface area contributed by atoms with Gasteiger partial charge in [0.1, 0.15) is 5.76 Å². The van der Waals surface area contributed by atoms with E-state index in [2.05, 4.69) is 68.1 Å². The minimum atomic E-state index is 0.207. The van der Waals surface area contributed by atoms with Crippen LogP contribution in [0.2, 0.25) is 0 Å². The van der Waals surface area contributed by atoms with E-state index in [0.717, 1.165) is 18.8 Å². The molecule has 166 valence electrons. The molecule has 1 fully saturated rings. The van der Waals surface area contributed by atoms with Gasteiger partial charge in [-0.3, -0.25) is 4.90 Å². The fourth-order valence-electron chi connectivity index (χ4n) is 3.14. The van der Waals surface area contributed by atoms with E-state index in [1.54, 1.807) is 0 Å². The van der Waals surface area contributed by atoms with Crippen LogP contribution >= 0.6 is 25.3 Å². The summed E-state index contributed by atoms with van der Waals surface area (Å²) in [4.78, 5) is 2.45. The molecule has 1 aliphatic heterocycles. The van der Waals surface area contributed by atoms with E-state index in [9.17, 15) is 0 Å². The van der Waals surface area contributed by atoms with Crippen LogP contribution in [0.5, 0.6) is 0 Å². The highest BCUT2D eigenvalue weighted by Gasteiger charge is 2.22. The fourth-order valence-corrected chi connectivity index (χ4v) is 3.55. The second kappa shape index (κ2) is 12.8. The van der Waals surface area contributed by atoms with Crippen molar-refractivity contribution >= 4 is 47.0 Å². The lowest BCUT2D eigenvalue weighted by Crippen LogP contribution is -2.32. The van der Waals surface area contributed by atoms with Crippen LogP contribution in [0, 0.1) is 0 Å². The molecule has 2 N–H and O–H groups in total. The Hall–Kier alpha value is -1.78. The third kappa shape index (κ3) is 7.48. The van der Waals surface area contributed by atoms with Crippen LogP contribution in [0.1, 0.15) is 64.5 Å². The molecule has 0 unspecified atom stereocenters. The van der Waals surface area contributed by atoms with Crippen molar-refractivity contribution in [1.82, 2.24) is 15.5 Å². The predicted molar refractivity (Wildman–Crippen MR) is 132 cm³/mol. The molecular formula is C20H33N7OS2. The van der Waals surface area contributed by atoms with E-state index >= 15 is 0 Å². The predicted octanol–water partition coefficient (Wildman–Crippen LogP) is 3.70. The lowest BCUT2D eigenvalue weighted by atomic mass is 10.1. The zero-order valence-corrected chi connectivity index (χ0v) is 20.0. The molecule has 30 heavy (non-hydrogen) atoms. The summed E-state index contributed by atoms with van der Waals surface area (Å²) in [6.07, 6.45) is 3.77. The first-order valence-electron chi connectivity index (χ1n) is 10.4. The number of thiol groups is 2. The summed E-state index contributed by atoms with van der Waals surface area (Å²) in [7, 11) is 0. The van der Waals surface area contributed by atoms with Gasteiger partial charge in [-0.1, -0.05) is 6.42 Å². The van der Waals surface area contributed by atoms with Gasteiger partial charge in [0.15, 0.2) is 21.8 Å². The lowest BCUT2D eigenvalue weighted by molar-refractivity contribution is 0.157. The second-order valence-corrected chi connectivity index (χ2v) is 7.86. The summed E-state index contributed by atoms with van der Waals surface area (Å²) in [5.41, 5.74) is 1.06. The number of nitrogens with one attached hydrogen (secondary N) is 2. The number of piperidine rings is 1. The van der Waals surface area contributed by atoms with Crippen LogP contribution < -0.4 is 10.6 Å². The van der Waals surface area contributed by atoms with Crippen molar-refractivity contribution in [1.29, 1.82) is 0 Å². The maximum Gasteiger partial charge on any atom is 0.180 e. The molecule has 2 rings (SSSR count). The van der Waals surface area contributed by atoms with E-state index in [4.69, 9.17) is 4.42 Å². The SMILES string of the molecule is CCN/C(S)=N/N=C(/C(C)=N/N=C(\S)NCC)c1ccc([C@H](C)N2CCCCC2)o1. The van der Waals surface area contributed by atoms with Crippen molar-refractivity contribution in [2.45, 2.75) is 53.0 Å². The van der Waals surface area contributed by atoms with Crippen LogP contribution in [0.3, 0.4) is 0 Å². The Labute approximate surface area is 190 Å². The Morgan fingerprint density at radius 3 is 2.20 bits per heavy atom. The molecule has 0 amide bonds. The van der Waals surface area contributed by atoms with Gasteiger partial charge in [-0.25, -0.2) is 0 Å². The van der Waals surface area contributed by atoms with Crippen molar-refractivity contribution in [2.75, 3.05) is 26.2 Å². The van der Waals surface area contributed by atoms with Crippen LogP contribution in [0.25, 0.3) is 0 Å². The van der Waals surface area contributed by atoms with Gasteiger partial charge in [-0.2, -0.15) is 5.10 Å². The van der Waals surface area contributed by atoms with Crippen LogP contribution in [-0.2, 0) is 0 Å². The zero-order chi connectivity index (χ0) is 21.9. The first kappa shape index (κ1) is 24.5. The topological polar surface area (TPSA) is 89.9 Å². The maximum atomic E-state index is 6.18. The highest BCUT2D eigenvalue weighted by molar-refractivity contribution is 7.97. The molecule has 0 spiro atoms. The maximum absolute atomic E-state index is 6.18. The standard InChI is InChI=1S/C20H33N7OS2/c1-5-21-19(29)25-23-14(3)18(24-26-20(30)22-6-2)17-11-10-16(28-17)15(4)27-12-8-7-9-13-27/h10-11,15H,5-9,12-13H2,1-4H3,(H2,21,25,29)(H2,22,26,30)/b23-14+,24-18-/t15-/m0/s1. The molecule has 1 atom stereocenters. The first-order valence-corrected chi connectivity index (χ1v) is 11.3. The molecule has 10 heteroatoms. The van der Waals surface area contributed by atoms with Gasteiger partial charge in [0.2, 0.25) is 0 Å². The normalized spacial score (nSPS) is 18.5. The average molecular weight is 452 g/mol. The number of nitrogens with zero attached hydrogens (tertiary/aromatic N) is 5. The molecule has 0 bridgehead atoms. The van der Waals surface area contributed by atoms with Gasteiger partial charge in [-0.05, 0) is 65.8 Å². The van der Waals surface area contributed by atoms with Crippen molar-refractivity contribution < 1.29 is 4.42 Å². The molecule has 2 heterocycles. The molecule has 1 aromatic rings. The zero-order valence-electron chi connectivity index (χ0n) is 18.2. The first-order chi connectivity index (χ1) is 14.5. The highest BCUT2D eigenvalue weighted by atomic mass is 32.1. The van der Waals surface area contributed by atoms with Crippen molar-refractivity contribution in [3.05, 3.63) is 23.7 Å². The molecule has 0 radical (unpaired) electrons. The second-order valence-electron chi connectivity index (χ2n) is 7.02.